The van der Waals surface area contributed by atoms with Crippen molar-refractivity contribution in [3.05, 3.63) is 71.9 Å². The monoisotopic (exact) mass is 292 g/mol. The van der Waals surface area contributed by atoms with Gasteiger partial charge in [0.05, 0.1) is 6.42 Å². The van der Waals surface area contributed by atoms with Crippen LogP contribution < -0.4 is 5.32 Å². The molecule has 2 aromatic carbocycles. The minimum Gasteiger partial charge on any atom is -0.355 e. The summed E-state index contributed by atoms with van der Waals surface area (Å²) in [5.41, 5.74) is 3.55. The highest BCUT2D eigenvalue weighted by atomic mass is 16.1. The van der Waals surface area contributed by atoms with E-state index in [9.17, 15) is 4.79 Å². The number of rotatable bonds is 5. The standard InChI is InChI=1S/C19H20N2O/c1-21-14-16(17-9-5-6-10-18(17)21)11-12-20-19(22)13-15-7-3-2-4-8-15/h2-10,14H,11-13H2,1H3,(H,20,22). The second-order valence-corrected chi connectivity index (χ2v) is 5.54. The molecule has 112 valence electrons. The third-order valence-corrected chi connectivity index (χ3v) is 3.90. The molecule has 0 radical (unpaired) electrons. The predicted octanol–water partition coefficient (Wildman–Crippen LogP) is 3.08. The molecule has 3 nitrogen and oxygen atoms in total. The maximum absolute atomic E-state index is 12.0. The molecule has 1 N–H and O–H groups in total. The van der Waals surface area contributed by atoms with E-state index in [2.05, 4.69) is 41.3 Å². The molecule has 3 aromatic rings. The summed E-state index contributed by atoms with van der Waals surface area (Å²) in [5.74, 6) is 0.0754. The molecule has 3 rings (SSSR count). The Labute approximate surface area is 130 Å². The topological polar surface area (TPSA) is 34.0 Å². The minimum absolute atomic E-state index is 0.0754. The van der Waals surface area contributed by atoms with Gasteiger partial charge in [0.25, 0.3) is 0 Å². The van der Waals surface area contributed by atoms with Gasteiger partial charge in [-0.1, -0.05) is 48.5 Å². The highest BCUT2D eigenvalue weighted by Crippen LogP contribution is 2.20. The number of aromatic nitrogens is 1. The number of fused-ring (bicyclic) bond motifs is 1. The quantitative estimate of drug-likeness (QED) is 0.770. The molecule has 0 fully saturated rings. The van der Waals surface area contributed by atoms with Crippen molar-refractivity contribution in [3.63, 3.8) is 0 Å². The second kappa shape index (κ2) is 6.48. The maximum Gasteiger partial charge on any atom is 0.224 e. The Morgan fingerprint density at radius 2 is 1.77 bits per heavy atom. The molecule has 0 spiro atoms. The fourth-order valence-corrected chi connectivity index (χ4v) is 2.81. The van der Waals surface area contributed by atoms with E-state index in [0.29, 0.717) is 13.0 Å². The first-order chi connectivity index (χ1) is 10.7. The van der Waals surface area contributed by atoms with E-state index < -0.39 is 0 Å². The largest absolute Gasteiger partial charge is 0.355 e. The average molecular weight is 292 g/mol. The van der Waals surface area contributed by atoms with Gasteiger partial charge in [0.15, 0.2) is 0 Å². The molecule has 0 bridgehead atoms. The Bertz CT molecular complexity index is 774. The normalized spacial score (nSPS) is 10.8. The van der Waals surface area contributed by atoms with E-state index in [1.165, 1.54) is 16.5 Å². The van der Waals surface area contributed by atoms with Gasteiger partial charge in [-0.25, -0.2) is 0 Å². The lowest BCUT2D eigenvalue weighted by molar-refractivity contribution is -0.120. The Hall–Kier alpha value is -2.55. The minimum atomic E-state index is 0.0754. The van der Waals surface area contributed by atoms with Crippen LogP contribution in [0.2, 0.25) is 0 Å². The first-order valence-corrected chi connectivity index (χ1v) is 7.57. The number of carbonyl (C=O) groups is 1. The summed E-state index contributed by atoms with van der Waals surface area (Å²) in [6, 6.07) is 18.2. The van der Waals surface area contributed by atoms with Gasteiger partial charge in [0, 0.05) is 30.7 Å². The lowest BCUT2D eigenvalue weighted by atomic mass is 10.1. The zero-order chi connectivity index (χ0) is 15.4. The van der Waals surface area contributed by atoms with Gasteiger partial charge in [-0.2, -0.15) is 0 Å². The molecular formula is C19H20N2O. The van der Waals surface area contributed by atoms with E-state index in [0.717, 1.165) is 12.0 Å². The molecule has 0 atom stereocenters. The number of hydrogen-bond donors (Lipinski definition) is 1. The van der Waals surface area contributed by atoms with Gasteiger partial charge >= 0.3 is 0 Å². The number of carbonyl (C=O) groups excluding carboxylic acids is 1. The summed E-state index contributed by atoms with van der Waals surface area (Å²) >= 11 is 0. The van der Waals surface area contributed by atoms with E-state index in [1.54, 1.807) is 0 Å². The summed E-state index contributed by atoms with van der Waals surface area (Å²) in [6.45, 7) is 0.666. The van der Waals surface area contributed by atoms with Crippen molar-refractivity contribution < 1.29 is 4.79 Å². The summed E-state index contributed by atoms with van der Waals surface area (Å²) < 4.78 is 2.14. The third-order valence-electron chi connectivity index (χ3n) is 3.90. The first-order valence-electron chi connectivity index (χ1n) is 7.57. The number of nitrogens with one attached hydrogen (secondary N) is 1. The molecule has 0 aliphatic rings. The Kier molecular flexibility index (Phi) is 4.24. The lowest BCUT2D eigenvalue weighted by Gasteiger charge is -2.05. The highest BCUT2D eigenvalue weighted by Gasteiger charge is 2.07. The van der Waals surface area contributed by atoms with Crippen LogP contribution in [0, 0.1) is 0 Å². The summed E-state index contributed by atoms with van der Waals surface area (Å²) in [4.78, 5) is 12.0. The molecule has 0 saturated carbocycles. The van der Waals surface area contributed by atoms with Crippen LogP contribution in [0.4, 0.5) is 0 Å². The van der Waals surface area contributed by atoms with E-state index in [-0.39, 0.29) is 5.91 Å². The van der Waals surface area contributed by atoms with Crippen molar-refractivity contribution in [2.75, 3.05) is 6.54 Å². The van der Waals surface area contributed by atoms with Crippen molar-refractivity contribution in [2.24, 2.45) is 7.05 Å². The molecule has 1 aromatic heterocycles. The van der Waals surface area contributed by atoms with Gasteiger partial charge in [0.1, 0.15) is 0 Å². The Morgan fingerprint density at radius 1 is 1.05 bits per heavy atom. The second-order valence-electron chi connectivity index (χ2n) is 5.54. The van der Waals surface area contributed by atoms with Gasteiger partial charge in [-0.05, 0) is 23.6 Å². The number of aryl methyl sites for hydroxylation is 1. The van der Waals surface area contributed by atoms with Crippen LogP contribution in [0.25, 0.3) is 10.9 Å². The zero-order valence-electron chi connectivity index (χ0n) is 12.8. The van der Waals surface area contributed by atoms with E-state index in [1.807, 2.05) is 36.4 Å². The average Bonchev–Trinajstić information content (AvgIpc) is 2.85. The molecule has 0 saturated heterocycles. The maximum atomic E-state index is 12.0. The van der Waals surface area contributed by atoms with Crippen LogP contribution in [0.5, 0.6) is 0 Å². The molecular weight excluding hydrogens is 272 g/mol. The Balaban J connectivity index is 1.57. The van der Waals surface area contributed by atoms with Gasteiger partial charge in [-0.3, -0.25) is 4.79 Å². The van der Waals surface area contributed by atoms with Crippen LogP contribution >= 0.6 is 0 Å². The van der Waals surface area contributed by atoms with E-state index >= 15 is 0 Å². The SMILES string of the molecule is Cn1cc(CCNC(=O)Cc2ccccc2)c2ccccc21. The van der Waals surface area contributed by atoms with Crippen LogP contribution in [-0.4, -0.2) is 17.0 Å². The first kappa shape index (κ1) is 14.4. The number of hydrogen-bond acceptors (Lipinski definition) is 1. The fraction of sp³-hybridized carbons (Fsp3) is 0.211. The van der Waals surface area contributed by atoms with Crippen molar-refractivity contribution in [2.45, 2.75) is 12.8 Å². The third kappa shape index (κ3) is 3.19. The van der Waals surface area contributed by atoms with Gasteiger partial charge in [-0.15, -0.1) is 0 Å². The number of nitrogens with zero attached hydrogens (tertiary/aromatic N) is 1. The Morgan fingerprint density at radius 3 is 2.59 bits per heavy atom. The van der Waals surface area contributed by atoms with Crippen molar-refractivity contribution in [1.82, 2.24) is 9.88 Å². The van der Waals surface area contributed by atoms with Crippen molar-refractivity contribution in [1.29, 1.82) is 0 Å². The van der Waals surface area contributed by atoms with Gasteiger partial charge < -0.3 is 9.88 Å². The molecule has 1 heterocycles. The van der Waals surface area contributed by atoms with Crippen molar-refractivity contribution in [3.8, 4) is 0 Å². The van der Waals surface area contributed by atoms with Crippen LogP contribution in [0.15, 0.2) is 60.8 Å². The zero-order valence-corrected chi connectivity index (χ0v) is 12.8. The lowest BCUT2D eigenvalue weighted by Crippen LogP contribution is -2.27. The predicted molar refractivity (Wildman–Crippen MR) is 89.8 cm³/mol. The van der Waals surface area contributed by atoms with E-state index in [4.69, 9.17) is 0 Å². The summed E-state index contributed by atoms with van der Waals surface area (Å²) in [6.07, 6.45) is 3.44. The van der Waals surface area contributed by atoms with Gasteiger partial charge in [0.2, 0.25) is 5.91 Å². The molecule has 1 amide bonds. The van der Waals surface area contributed by atoms with Crippen LogP contribution in [0.3, 0.4) is 0 Å². The summed E-state index contributed by atoms with van der Waals surface area (Å²) in [5, 5.41) is 4.27. The number of para-hydroxylation sites is 1. The number of amides is 1. The molecule has 22 heavy (non-hydrogen) atoms. The van der Waals surface area contributed by atoms with Crippen molar-refractivity contribution >= 4 is 16.8 Å². The molecule has 3 heteroatoms. The molecule has 0 aliphatic heterocycles. The highest BCUT2D eigenvalue weighted by molar-refractivity contribution is 5.84. The molecule has 0 unspecified atom stereocenters. The summed E-state index contributed by atoms with van der Waals surface area (Å²) in [7, 11) is 2.06. The smallest absolute Gasteiger partial charge is 0.224 e. The molecule has 0 aliphatic carbocycles. The van der Waals surface area contributed by atoms with Crippen LogP contribution in [-0.2, 0) is 24.7 Å². The van der Waals surface area contributed by atoms with Crippen LogP contribution in [0.1, 0.15) is 11.1 Å². The fourth-order valence-electron chi connectivity index (χ4n) is 2.81. The number of benzene rings is 2.